The predicted octanol–water partition coefficient (Wildman–Crippen LogP) is 1.15. The number of hydrogen-bond acceptors (Lipinski definition) is 3. The van der Waals surface area contributed by atoms with Crippen molar-refractivity contribution in [1.29, 1.82) is 0 Å². The molecule has 19 heavy (non-hydrogen) atoms. The lowest BCUT2D eigenvalue weighted by Gasteiger charge is -2.36. The number of fused-ring (bicyclic) bond motifs is 1. The summed E-state index contributed by atoms with van der Waals surface area (Å²) in [5, 5.41) is 3.47. The minimum atomic E-state index is -0.302. The third-order valence-electron chi connectivity index (χ3n) is 4.36. The minimum absolute atomic E-state index is 0.279. The van der Waals surface area contributed by atoms with E-state index in [9.17, 15) is 4.79 Å². The molecular formula is C14H22N4O. The van der Waals surface area contributed by atoms with Gasteiger partial charge in [0.15, 0.2) is 0 Å². The Labute approximate surface area is 114 Å². The van der Waals surface area contributed by atoms with Gasteiger partial charge in [-0.3, -0.25) is 4.79 Å². The lowest BCUT2D eigenvalue weighted by atomic mass is 9.90. The third-order valence-corrected chi connectivity index (χ3v) is 4.36. The molecule has 3 rings (SSSR count). The molecule has 1 aromatic rings. The zero-order valence-electron chi connectivity index (χ0n) is 11.6. The van der Waals surface area contributed by atoms with Crippen LogP contribution in [0.4, 0.5) is 0 Å². The standard InChI is InChI=1S/C14H22N4O/c1-2-4-14(5-3-6-16-14)13(19)18-10-9-17-8-7-15-12(17)11-18/h7-8,16H,2-6,9-11H2,1H3. The van der Waals surface area contributed by atoms with Crippen molar-refractivity contribution in [2.75, 3.05) is 13.1 Å². The van der Waals surface area contributed by atoms with Crippen molar-refractivity contribution in [3.8, 4) is 0 Å². The van der Waals surface area contributed by atoms with Crippen LogP contribution in [0, 0.1) is 0 Å². The van der Waals surface area contributed by atoms with E-state index in [0.29, 0.717) is 6.54 Å². The largest absolute Gasteiger partial charge is 0.332 e. The van der Waals surface area contributed by atoms with E-state index in [1.165, 1.54) is 0 Å². The number of amides is 1. The summed E-state index contributed by atoms with van der Waals surface area (Å²) in [4.78, 5) is 19.2. The van der Waals surface area contributed by atoms with E-state index in [1.807, 2.05) is 17.3 Å². The molecule has 1 aromatic heterocycles. The smallest absolute Gasteiger partial charge is 0.243 e. The fraction of sp³-hybridized carbons (Fsp3) is 0.714. The Balaban J connectivity index is 1.77. The van der Waals surface area contributed by atoms with Gasteiger partial charge in [0.25, 0.3) is 0 Å². The molecular weight excluding hydrogens is 240 g/mol. The number of nitrogens with zero attached hydrogens (tertiary/aromatic N) is 3. The highest BCUT2D eigenvalue weighted by Gasteiger charge is 2.43. The van der Waals surface area contributed by atoms with Crippen molar-refractivity contribution < 1.29 is 4.79 Å². The Bertz CT molecular complexity index is 462. The molecule has 2 aliphatic heterocycles. The van der Waals surface area contributed by atoms with E-state index >= 15 is 0 Å². The third kappa shape index (κ3) is 2.16. The number of carbonyl (C=O) groups is 1. The quantitative estimate of drug-likeness (QED) is 0.889. The molecule has 3 heterocycles. The summed E-state index contributed by atoms with van der Waals surface area (Å²) >= 11 is 0. The summed E-state index contributed by atoms with van der Waals surface area (Å²) in [6, 6.07) is 0. The van der Waals surface area contributed by atoms with Crippen LogP contribution in [-0.4, -0.2) is 39.0 Å². The fourth-order valence-corrected chi connectivity index (χ4v) is 3.39. The van der Waals surface area contributed by atoms with Gasteiger partial charge in [-0.05, 0) is 25.8 Å². The van der Waals surface area contributed by atoms with Crippen LogP contribution in [0.1, 0.15) is 38.4 Å². The molecule has 2 aliphatic rings. The van der Waals surface area contributed by atoms with Gasteiger partial charge in [0, 0.05) is 25.5 Å². The van der Waals surface area contributed by atoms with Crippen LogP contribution in [0.25, 0.3) is 0 Å². The second-order valence-electron chi connectivity index (χ2n) is 5.63. The summed E-state index contributed by atoms with van der Waals surface area (Å²) in [6.07, 6.45) is 7.88. The van der Waals surface area contributed by atoms with Gasteiger partial charge in [-0.2, -0.15) is 0 Å². The fourth-order valence-electron chi connectivity index (χ4n) is 3.39. The minimum Gasteiger partial charge on any atom is -0.332 e. The van der Waals surface area contributed by atoms with E-state index in [4.69, 9.17) is 0 Å². The number of nitrogens with one attached hydrogen (secondary N) is 1. The molecule has 5 nitrogen and oxygen atoms in total. The molecule has 0 aliphatic carbocycles. The van der Waals surface area contributed by atoms with Crippen molar-refractivity contribution in [2.45, 2.75) is 51.2 Å². The van der Waals surface area contributed by atoms with E-state index in [2.05, 4.69) is 21.8 Å². The second kappa shape index (κ2) is 4.96. The maximum absolute atomic E-state index is 12.9. The zero-order valence-corrected chi connectivity index (χ0v) is 11.6. The summed E-state index contributed by atoms with van der Waals surface area (Å²) in [5.74, 6) is 1.28. The Morgan fingerprint density at radius 1 is 1.53 bits per heavy atom. The highest BCUT2D eigenvalue weighted by Crippen LogP contribution is 2.28. The Morgan fingerprint density at radius 3 is 3.16 bits per heavy atom. The molecule has 0 bridgehead atoms. The Hall–Kier alpha value is -1.36. The molecule has 0 saturated carbocycles. The van der Waals surface area contributed by atoms with E-state index in [-0.39, 0.29) is 11.4 Å². The molecule has 104 valence electrons. The molecule has 1 atom stereocenters. The number of imidazole rings is 1. The molecule has 1 N–H and O–H groups in total. The van der Waals surface area contributed by atoms with Gasteiger partial charge in [-0.1, -0.05) is 13.3 Å². The van der Waals surface area contributed by atoms with Crippen molar-refractivity contribution in [1.82, 2.24) is 19.8 Å². The van der Waals surface area contributed by atoms with Gasteiger partial charge in [-0.15, -0.1) is 0 Å². The maximum atomic E-state index is 12.9. The van der Waals surface area contributed by atoms with Crippen molar-refractivity contribution >= 4 is 5.91 Å². The van der Waals surface area contributed by atoms with Gasteiger partial charge in [0.1, 0.15) is 5.82 Å². The Morgan fingerprint density at radius 2 is 2.42 bits per heavy atom. The molecule has 0 radical (unpaired) electrons. The van der Waals surface area contributed by atoms with Crippen LogP contribution in [0.2, 0.25) is 0 Å². The highest BCUT2D eigenvalue weighted by molar-refractivity contribution is 5.86. The van der Waals surface area contributed by atoms with Crippen molar-refractivity contribution in [3.63, 3.8) is 0 Å². The first kappa shape index (κ1) is 12.7. The highest BCUT2D eigenvalue weighted by atomic mass is 16.2. The van der Waals surface area contributed by atoms with Gasteiger partial charge in [0.2, 0.25) is 5.91 Å². The second-order valence-corrected chi connectivity index (χ2v) is 5.63. The van der Waals surface area contributed by atoms with Crippen LogP contribution >= 0.6 is 0 Å². The summed E-state index contributed by atoms with van der Waals surface area (Å²) in [7, 11) is 0. The van der Waals surface area contributed by atoms with E-state index < -0.39 is 0 Å². The number of rotatable bonds is 3. The topological polar surface area (TPSA) is 50.2 Å². The van der Waals surface area contributed by atoms with Gasteiger partial charge in [-0.25, -0.2) is 4.98 Å². The molecule has 0 spiro atoms. The lowest BCUT2D eigenvalue weighted by molar-refractivity contribution is -0.139. The number of hydrogen-bond donors (Lipinski definition) is 1. The average Bonchev–Trinajstić information content (AvgIpc) is 3.06. The van der Waals surface area contributed by atoms with Crippen LogP contribution in [0.3, 0.4) is 0 Å². The normalized spacial score (nSPS) is 26.5. The first-order chi connectivity index (χ1) is 9.25. The van der Waals surface area contributed by atoms with Gasteiger partial charge in [0.05, 0.1) is 12.1 Å². The van der Waals surface area contributed by atoms with E-state index in [0.717, 1.165) is 51.1 Å². The van der Waals surface area contributed by atoms with Crippen LogP contribution < -0.4 is 5.32 Å². The monoisotopic (exact) mass is 262 g/mol. The van der Waals surface area contributed by atoms with E-state index in [1.54, 1.807) is 0 Å². The molecule has 1 unspecified atom stereocenters. The molecule has 0 aromatic carbocycles. The molecule has 5 heteroatoms. The Kier molecular flexibility index (Phi) is 3.31. The SMILES string of the molecule is CCCC1(C(=O)N2CCn3ccnc3C2)CCCN1. The van der Waals surface area contributed by atoms with Crippen LogP contribution in [0.5, 0.6) is 0 Å². The predicted molar refractivity (Wildman–Crippen MR) is 72.5 cm³/mol. The maximum Gasteiger partial charge on any atom is 0.243 e. The number of aromatic nitrogens is 2. The first-order valence-corrected chi connectivity index (χ1v) is 7.29. The molecule has 1 saturated heterocycles. The number of carbonyl (C=O) groups excluding carboxylic acids is 1. The lowest BCUT2D eigenvalue weighted by Crippen LogP contribution is -2.56. The summed E-state index contributed by atoms with van der Waals surface area (Å²) in [6.45, 7) is 5.43. The first-order valence-electron chi connectivity index (χ1n) is 7.29. The van der Waals surface area contributed by atoms with Gasteiger partial charge < -0.3 is 14.8 Å². The van der Waals surface area contributed by atoms with Crippen molar-refractivity contribution in [2.24, 2.45) is 0 Å². The summed E-state index contributed by atoms with van der Waals surface area (Å²) < 4.78 is 2.14. The zero-order chi connectivity index (χ0) is 13.3. The van der Waals surface area contributed by atoms with Crippen LogP contribution in [-0.2, 0) is 17.9 Å². The summed E-state index contributed by atoms with van der Waals surface area (Å²) in [5.41, 5.74) is -0.302. The van der Waals surface area contributed by atoms with Crippen molar-refractivity contribution in [3.05, 3.63) is 18.2 Å². The van der Waals surface area contributed by atoms with Crippen LogP contribution in [0.15, 0.2) is 12.4 Å². The molecule has 1 amide bonds. The molecule has 1 fully saturated rings. The van der Waals surface area contributed by atoms with Gasteiger partial charge >= 0.3 is 0 Å². The average molecular weight is 262 g/mol.